The smallest absolute Gasteiger partial charge is 0.304 e. The zero-order chi connectivity index (χ0) is 18.1. The Hall–Kier alpha value is -2.00. The van der Waals surface area contributed by atoms with E-state index in [9.17, 15) is 4.57 Å². The number of hydrogen-bond donors (Lipinski definition) is 0. The molecule has 0 atom stereocenters. The van der Waals surface area contributed by atoms with Crippen LogP contribution in [-0.4, -0.2) is 19.4 Å². The third-order valence-electron chi connectivity index (χ3n) is 3.40. The highest BCUT2D eigenvalue weighted by Crippen LogP contribution is 2.57. The minimum atomic E-state index is -3.48. The van der Waals surface area contributed by atoms with Crippen LogP contribution in [0.5, 0.6) is 0 Å². The van der Waals surface area contributed by atoms with Crippen LogP contribution in [0.3, 0.4) is 0 Å². The van der Waals surface area contributed by atoms with Crippen LogP contribution in [0.15, 0.2) is 65.0 Å². The highest BCUT2D eigenvalue weighted by atomic mass is 31.2. The summed E-state index contributed by atoms with van der Waals surface area (Å²) in [4.78, 5) is 4.44. The predicted molar refractivity (Wildman–Crippen MR) is 104 cm³/mol. The Bertz CT molecular complexity index is 757. The van der Waals surface area contributed by atoms with E-state index >= 15 is 0 Å². The fraction of sp³-hybridized carbons (Fsp3) is 0.250. The Labute approximate surface area is 149 Å². The molecule has 0 unspecified atom stereocenters. The van der Waals surface area contributed by atoms with Gasteiger partial charge in [0.05, 0.1) is 13.2 Å². The maximum Gasteiger partial charge on any atom is 0.379 e. The van der Waals surface area contributed by atoms with Crippen LogP contribution in [0.4, 0.5) is 0 Å². The number of hydrogen-bond acceptors (Lipinski definition) is 4. The van der Waals surface area contributed by atoms with Gasteiger partial charge >= 0.3 is 7.60 Å². The van der Waals surface area contributed by atoms with Crippen molar-refractivity contribution in [1.82, 2.24) is 0 Å². The predicted octanol–water partition coefficient (Wildman–Crippen LogP) is 5.68. The van der Waals surface area contributed by atoms with Crippen molar-refractivity contribution in [2.24, 2.45) is 4.99 Å². The lowest BCUT2D eigenvalue weighted by molar-refractivity contribution is 0.226. The molecule has 0 amide bonds. The summed E-state index contributed by atoms with van der Waals surface area (Å²) < 4.78 is 24.1. The van der Waals surface area contributed by atoms with E-state index < -0.39 is 7.60 Å². The third kappa shape index (κ3) is 5.79. The Morgan fingerprint density at radius 1 is 0.960 bits per heavy atom. The fourth-order valence-electron chi connectivity index (χ4n) is 2.19. The molecule has 2 aromatic carbocycles. The molecule has 0 aliphatic rings. The molecule has 0 heterocycles. The maximum atomic E-state index is 13.2. The monoisotopic (exact) mass is 357 g/mol. The molecule has 0 radical (unpaired) electrons. The molecule has 5 heteroatoms. The maximum absolute atomic E-state index is 13.2. The molecule has 2 aromatic rings. The van der Waals surface area contributed by atoms with Gasteiger partial charge < -0.3 is 9.05 Å². The van der Waals surface area contributed by atoms with Gasteiger partial charge in [0, 0.05) is 6.21 Å². The molecule has 0 saturated carbocycles. The van der Waals surface area contributed by atoms with Crippen LogP contribution in [-0.2, 0) is 13.6 Å². The average Bonchev–Trinajstić information content (AvgIpc) is 2.61. The standard InChI is InChI=1S/C20H24NO3P/c1-4-23-25(22,24-5-2)20(15-18-13-11-17(3)12-14-18)21-16-19-9-7-6-8-10-19/h6-16H,4-5H2,1-3H3/b20-15+,21-16+. The van der Waals surface area contributed by atoms with Gasteiger partial charge in [-0.3, -0.25) is 4.57 Å². The van der Waals surface area contributed by atoms with Gasteiger partial charge in [-0.2, -0.15) is 0 Å². The topological polar surface area (TPSA) is 47.9 Å². The van der Waals surface area contributed by atoms with Crippen LogP contribution in [0.2, 0.25) is 0 Å². The molecule has 0 aliphatic carbocycles. The molecule has 132 valence electrons. The first-order valence-electron chi connectivity index (χ1n) is 8.34. The van der Waals surface area contributed by atoms with E-state index in [0.717, 1.165) is 16.7 Å². The van der Waals surface area contributed by atoms with Crippen LogP contribution in [0.1, 0.15) is 30.5 Å². The van der Waals surface area contributed by atoms with Gasteiger partial charge in [0.2, 0.25) is 0 Å². The quantitative estimate of drug-likeness (QED) is 0.451. The van der Waals surface area contributed by atoms with E-state index in [1.54, 1.807) is 26.1 Å². The molecule has 25 heavy (non-hydrogen) atoms. The lowest BCUT2D eigenvalue weighted by Gasteiger charge is -2.17. The number of benzene rings is 2. The van der Waals surface area contributed by atoms with Crippen LogP contribution < -0.4 is 0 Å². The summed E-state index contributed by atoms with van der Waals surface area (Å²) in [6.45, 7) is 6.16. The molecule has 0 fully saturated rings. The van der Waals surface area contributed by atoms with Gasteiger partial charge in [-0.1, -0.05) is 60.2 Å². The first-order valence-corrected chi connectivity index (χ1v) is 9.89. The molecule has 0 aliphatic heterocycles. The molecule has 0 saturated heterocycles. The van der Waals surface area contributed by atoms with Crippen molar-refractivity contribution < 1.29 is 13.6 Å². The number of nitrogens with zero attached hydrogens (tertiary/aromatic N) is 1. The van der Waals surface area contributed by atoms with Crippen molar-refractivity contribution in [1.29, 1.82) is 0 Å². The molecular formula is C20H24NO3P. The first-order chi connectivity index (χ1) is 12.1. The minimum Gasteiger partial charge on any atom is -0.304 e. The fourth-order valence-corrected chi connectivity index (χ4v) is 3.71. The van der Waals surface area contributed by atoms with Crippen LogP contribution >= 0.6 is 7.60 Å². The lowest BCUT2D eigenvalue weighted by atomic mass is 10.1. The van der Waals surface area contributed by atoms with Crippen molar-refractivity contribution in [3.63, 3.8) is 0 Å². The van der Waals surface area contributed by atoms with Gasteiger partial charge in [-0.15, -0.1) is 0 Å². The molecule has 0 spiro atoms. The zero-order valence-electron chi connectivity index (χ0n) is 14.9. The highest BCUT2D eigenvalue weighted by molar-refractivity contribution is 7.58. The molecular weight excluding hydrogens is 333 g/mol. The Balaban J connectivity index is 2.44. The highest BCUT2D eigenvalue weighted by Gasteiger charge is 2.29. The summed E-state index contributed by atoms with van der Waals surface area (Å²) in [5.74, 6) is 0. The molecule has 0 bridgehead atoms. The van der Waals surface area contributed by atoms with Gasteiger partial charge in [-0.05, 0) is 38.0 Å². The SMILES string of the molecule is CCOP(=O)(OCC)C(=C/c1ccc(C)cc1)/N=C/c1ccccc1. The summed E-state index contributed by atoms with van der Waals surface area (Å²) >= 11 is 0. The zero-order valence-corrected chi connectivity index (χ0v) is 15.8. The van der Waals surface area contributed by atoms with Gasteiger partial charge in [0.1, 0.15) is 0 Å². The minimum absolute atomic E-state index is 0.281. The van der Waals surface area contributed by atoms with E-state index in [2.05, 4.69) is 4.99 Å². The van der Waals surface area contributed by atoms with Crippen LogP contribution in [0, 0.1) is 6.92 Å². The average molecular weight is 357 g/mol. The largest absolute Gasteiger partial charge is 0.379 e. The van der Waals surface area contributed by atoms with E-state index in [4.69, 9.17) is 9.05 Å². The lowest BCUT2D eigenvalue weighted by Crippen LogP contribution is -1.98. The second kappa shape index (κ2) is 9.47. The van der Waals surface area contributed by atoms with Gasteiger partial charge in [0.15, 0.2) is 5.44 Å². The van der Waals surface area contributed by atoms with Crippen molar-refractivity contribution in [3.8, 4) is 0 Å². The van der Waals surface area contributed by atoms with Crippen molar-refractivity contribution in [2.45, 2.75) is 20.8 Å². The second-order valence-corrected chi connectivity index (χ2v) is 7.38. The molecule has 2 rings (SSSR count). The molecule has 4 nitrogen and oxygen atoms in total. The molecule has 0 aromatic heterocycles. The van der Waals surface area contributed by atoms with Crippen molar-refractivity contribution in [2.75, 3.05) is 13.2 Å². The van der Waals surface area contributed by atoms with Gasteiger partial charge in [0.25, 0.3) is 0 Å². The number of aliphatic imine (C=N–C) groups is 1. The van der Waals surface area contributed by atoms with Crippen molar-refractivity contribution >= 4 is 19.9 Å². The van der Waals surface area contributed by atoms with E-state index in [-0.39, 0.29) is 13.2 Å². The van der Waals surface area contributed by atoms with E-state index in [1.165, 1.54) is 0 Å². The summed E-state index contributed by atoms with van der Waals surface area (Å²) in [5, 5.41) is 0. The Morgan fingerprint density at radius 3 is 2.12 bits per heavy atom. The summed E-state index contributed by atoms with van der Waals surface area (Å²) in [6.07, 6.45) is 3.43. The normalized spacial score (nSPS) is 12.7. The summed E-state index contributed by atoms with van der Waals surface area (Å²) in [5.41, 5.74) is 3.26. The van der Waals surface area contributed by atoms with E-state index in [1.807, 2.05) is 61.5 Å². The molecule has 0 N–H and O–H groups in total. The van der Waals surface area contributed by atoms with E-state index in [0.29, 0.717) is 5.44 Å². The third-order valence-corrected chi connectivity index (χ3v) is 5.40. The van der Waals surface area contributed by atoms with Gasteiger partial charge in [-0.25, -0.2) is 4.99 Å². The van der Waals surface area contributed by atoms with Crippen LogP contribution in [0.25, 0.3) is 6.08 Å². The number of rotatable bonds is 8. The first kappa shape index (κ1) is 19.3. The Kier molecular flexibility index (Phi) is 7.32. The second-order valence-electron chi connectivity index (χ2n) is 5.42. The van der Waals surface area contributed by atoms with Crippen molar-refractivity contribution in [3.05, 3.63) is 76.7 Å². The summed E-state index contributed by atoms with van der Waals surface area (Å²) in [6, 6.07) is 17.5. The summed E-state index contributed by atoms with van der Waals surface area (Å²) in [7, 11) is -3.48. The Morgan fingerprint density at radius 2 is 1.56 bits per heavy atom. The number of aryl methyl sites for hydroxylation is 1.